The molecule has 0 saturated heterocycles. The van der Waals surface area contributed by atoms with Crippen LogP contribution in [0.3, 0.4) is 0 Å². The first-order valence-corrected chi connectivity index (χ1v) is 7.61. The van der Waals surface area contributed by atoms with Gasteiger partial charge in [-0.15, -0.1) is 0 Å². The molecule has 0 atom stereocenters. The van der Waals surface area contributed by atoms with Crippen LogP contribution in [0, 0.1) is 4.77 Å². The standard InChI is InChI=1S/C15H11BrN4OS/c16-12-8-10(6-7-13(12)21)9-17-20-14(18-19-15(20)22)11-4-2-1-3-5-11/h1-9,21H,(H,19,22)/b17-9+. The van der Waals surface area contributed by atoms with E-state index in [1.54, 1.807) is 29.1 Å². The fourth-order valence-corrected chi connectivity index (χ4v) is 2.48. The van der Waals surface area contributed by atoms with E-state index in [2.05, 4.69) is 31.2 Å². The average Bonchev–Trinajstić information content (AvgIpc) is 2.90. The highest BCUT2D eigenvalue weighted by molar-refractivity contribution is 9.10. The highest BCUT2D eigenvalue weighted by atomic mass is 79.9. The van der Waals surface area contributed by atoms with Crippen molar-refractivity contribution in [3.63, 3.8) is 0 Å². The molecule has 0 unspecified atom stereocenters. The smallest absolute Gasteiger partial charge is 0.216 e. The molecular formula is C15H11BrN4OS. The van der Waals surface area contributed by atoms with Gasteiger partial charge >= 0.3 is 0 Å². The maximum atomic E-state index is 9.50. The van der Waals surface area contributed by atoms with Crippen molar-refractivity contribution >= 4 is 34.4 Å². The lowest BCUT2D eigenvalue weighted by Crippen LogP contribution is -1.95. The zero-order chi connectivity index (χ0) is 15.5. The number of H-pyrrole nitrogens is 1. The second-order valence-corrected chi connectivity index (χ2v) is 5.73. The topological polar surface area (TPSA) is 66.2 Å². The van der Waals surface area contributed by atoms with Crippen molar-refractivity contribution in [2.24, 2.45) is 5.10 Å². The van der Waals surface area contributed by atoms with Gasteiger partial charge in [-0.2, -0.15) is 14.9 Å². The van der Waals surface area contributed by atoms with E-state index in [0.717, 1.165) is 11.1 Å². The average molecular weight is 375 g/mol. The van der Waals surface area contributed by atoms with E-state index in [-0.39, 0.29) is 5.75 Å². The van der Waals surface area contributed by atoms with Crippen molar-refractivity contribution in [2.45, 2.75) is 0 Å². The number of rotatable bonds is 3. The third-order valence-electron chi connectivity index (χ3n) is 2.98. The van der Waals surface area contributed by atoms with E-state index < -0.39 is 0 Å². The third-order valence-corrected chi connectivity index (χ3v) is 3.88. The number of aromatic hydroxyl groups is 1. The van der Waals surface area contributed by atoms with E-state index in [1.165, 1.54) is 0 Å². The van der Waals surface area contributed by atoms with Gasteiger partial charge in [0.15, 0.2) is 5.82 Å². The summed E-state index contributed by atoms with van der Waals surface area (Å²) in [4.78, 5) is 0. The number of hydrogen-bond donors (Lipinski definition) is 2. The van der Waals surface area contributed by atoms with E-state index >= 15 is 0 Å². The molecule has 2 N–H and O–H groups in total. The van der Waals surface area contributed by atoms with Gasteiger partial charge < -0.3 is 5.11 Å². The van der Waals surface area contributed by atoms with Crippen LogP contribution in [0.25, 0.3) is 11.4 Å². The minimum absolute atomic E-state index is 0.182. The Kier molecular flexibility index (Phi) is 4.17. The lowest BCUT2D eigenvalue weighted by atomic mass is 10.2. The Balaban J connectivity index is 1.99. The van der Waals surface area contributed by atoms with Crippen LogP contribution < -0.4 is 0 Å². The Morgan fingerprint density at radius 3 is 2.73 bits per heavy atom. The van der Waals surface area contributed by atoms with Gasteiger partial charge in [-0.3, -0.25) is 0 Å². The predicted molar refractivity (Wildman–Crippen MR) is 91.6 cm³/mol. The van der Waals surface area contributed by atoms with Gasteiger partial charge in [0.05, 0.1) is 10.7 Å². The number of aromatic amines is 1. The molecular weight excluding hydrogens is 364 g/mol. The van der Waals surface area contributed by atoms with E-state index in [1.807, 2.05) is 30.3 Å². The number of benzene rings is 2. The quantitative estimate of drug-likeness (QED) is 0.538. The fraction of sp³-hybridized carbons (Fsp3) is 0. The summed E-state index contributed by atoms with van der Waals surface area (Å²) in [5.41, 5.74) is 1.74. The summed E-state index contributed by atoms with van der Waals surface area (Å²) in [6.07, 6.45) is 1.65. The normalized spacial score (nSPS) is 11.1. The highest BCUT2D eigenvalue weighted by Gasteiger charge is 2.07. The molecule has 5 nitrogen and oxygen atoms in total. The number of halogens is 1. The van der Waals surface area contributed by atoms with Crippen LogP contribution >= 0.6 is 28.1 Å². The van der Waals surface area contributed by atoms with Gasteiger partial charge in [0.1, 0.15) is 5.75 Å². The molecule has 3 aromatic rings. The molecule has 110 valence electrons. The van der Waals surface area contributed by atoms with Gasteiger partial charge in [-0.05, 0) is 51.9 Å². The molecule has 0 radical (unpaired) electrons. The molecule has 0 spiro atoms. The van der Waals surface area contributed by atoms with Crippen molar-refractivity contribution in [3.8, 4) is 17.1 Å². The molecule has 0 saturated carbocycles. The molecule has 0 aliphatic heterocycles. The predicted octanol–water partition coefficient (Wildman–Crippen LogP) is 3.96. The first-order valence-electron chi connectivity index (χ1n) is 6.41. The monoisotopic (exact) mass is 374 g/mol. The Bertz CT molecular complexity index is 886. The lowest BCUT2D eigenvalue weighted by molar-refractivity contribution is 0.472. The minimum Gasteiger partial charge on any atom is -0.507 e. The van der Waals surface area contributed by atoms with Gasteiger partial charge in [-0.25, -0.2) is 5.10 Å². The van der Waals surface area contributed by atoms with Crippen LogP contribution in [0.15, 0.2) is 58.1 Å². The molecule has 1 aromatic heterocycles. The molecule has 0 bridgehead atoms. The van der Waals surface area contributed by atoms with Crippen LogP contribution in [0.5, 0.6) is 5.75 Å². The second kappa shape index (κ2) is 6.25. The summed E-state index contributed by atoms with van der Waals surface area (Å²) in [7, 11) is 0. The molecule has 22 heavy (non-hydrogen) atoms. The number of nitrogens with zero attached hydrogens (tertiary/aromatic N) is 3. The molecule has 0 aliphatic carbocycles. The van der Waals surface area contributed by atoms with Crippen LogP contribution in [-0.2, 0) is 0 Å². The fourth-order valence-electron chi connectivity index (χ4n) is 1.90. The van der Waals surface area contributed by atoms with Gasteiger partial charge in [0.25, 0.3) is 0 Å². The minimum atomic E-state index is 0.182. The van der Waals surface area contributed by atoms with Crippen molar-refractivity contribution in [3.05, 3.63) is 63.3 Å². The number of aromatic nitrogens is 3. The van der Waals surface area contributed by atoms with Crippen molar-refractivity contribution in [1.29, 1.82) is 0 Å². The molecule has 0 amide bonds. The van der Waals surface area contributed by atoms with E-state index in [9.17, 15) is 5.11 Å². The van der Waals surface area contributed by atoms with Crippen molar-refractivity contribution in [1.82, 2.24) is 14.9 Å². The Morgan fingerprint density at radius 1 is 1.23 bits per heavy atom. The molecule has 3 rings (SSSR count). The maximum Gasteiger partial charge on any atom is 0.216 e. The first-order chi connectivity index (χ1) is 10.6. The summed E-state index contributed by atoms with van der Waals surface area (Å²) in [5, 5.41) is 20.8. The van der Waals surface area contributed by atoms with Crippen molar-refractivity contribution < 1.29 is 5.11 Å². The van der Waals surface area contributed by atoms with Crippen LogP contribution in [0.1, 0.15) is 5.56 Å². The van der Waals surface area contributed by atoms with Gasteiger partial charge in [-0.1, -0.05) is 30.3 Å². The van der Waals surface area contributed by atoms with Crippen LogP contribution in [0.4, 0.5) is 0 Å². The molecule has 7 heteroatoms. The summed E-state index contributed by atoms with van der Waals surface area (Å²) in [6, 6.07) is 14.8. The zero-order valence-electron chi connectivity index (χ0n) is 11.3. The number of phenolic OH excluding ortho intramolecular Hbond substituents is 1. The Labute approximate surface area is 140 Å². The zero-order valence-corrected chi connectivity index (χ0v) is 13.7. The SMILES string of the molecule is Oc1ccc(/C=N/n2c(-c3ccccc3)n[nH]c2=S)cc1Br. The Hall–Kier alpha value is -2.25. The van der Waals surface area contributed by atoms with Crippen LogP contribution in [-0.4, -0.2) is 26.2 Å². The molecule has 2 aromatic carbocycles. The van der Waals surface area contributed by atoms with Crippen LogP contribution in [0.2, 0.25) is 0 Å². The summed E-state index contributed by atoms with van der Waals surface area (Å²) in [6.45, 7) is 0. The highest BCUT2D eigenvalue weighted by Crippen LogP contribution is 2.23. The summed E-state index contributed by atoms with van der Waals surface area (Å²) < 4.78 is 2.58. The number of phenols is 1. The second-order valence-electron chi connectivity index (χ2n) is 4.49. The molecule has 1 heterocycles. The summed E-state index contributed by atoms with van der Waals surface area (Å²) in [5.74, 6) is 0.821. The summed E-state index contributed by atoms with van der Waals surface area (Å²) >= 11 is 8.49. The molecule has 0 aliphatic rings. The maximum absolute atomic E-state index is 9.50. The Morgan fingerprint density at radius 2 is 2.00 bits per heavy atom. The van der Waals surface area contributed by atoms with E-state index in [4.69, 9.17) is 12.2 Å². The lowest BCUT2D eigenvalue weighted by Gasteiger charge is -2.01. The molecule has 0 fully saturated rings. The number of hydrogen-bond acceptors (Lipinski definition) is 4. The van der Waals surface area contributed by atoms with Crippen molar-refractivity contribution in [2.75, 3.05) is 0 Å². The largest absolute Gasteiger partial charge is 0.507 e. The van der Waals surface area contributed by atoms with E-state index in [0.29, 0.717) is 15.1 Å². The third kappa shape index (κ3) is 3.00. The van der Waals surface area contributed by atoms with Gasteiger partial charge in [0.2, 0.25) is 4.77 Å². The van der Waals surface area contributed by atoms with Gasteiger partial charge in [0, 0.05) is 5.56 Å². The number of nitrogens with one attached hydrogen (secondary N) is 1. The first kappa shape index (κ1) is 14.7.